The second-order valence-electron chi connectivity index (χ2n) is 34.7. The molecule has 2 saturated heterocycles. The van der Waals surface area contributed by atoms with Crippen LogP contribution in [-0.2, 0) is 119 Å². The standard InChI is InChI=1S/C95H138N12O25/c1-60-15-11-10-12-16-61(2)78(118-7)55-71-23-18-65(6)95(117,132-71)88(113)91(114)106-31-14-13-17-74(106)92(115)129-79(56-75(108)62(3)50-64(5)86(112)87(120-9)85(111)63(4)49-60)72(96)52-66-20-24-77(80(53-66)119-8)131-94(116)100-30-36-124-40-44-128-47-45-125-41-37-121-33-27-81(109)99-29-35-123-39-43-127-48-46-126-42-38-122-34-28-82(110)105-32-26-68-51-67(19-21-70(68)58-105)57-107-90-83(89(97)101-59-102-90)84(104-107)69-22-25-76-73(54-69)103-93(98)130-76/h10-12,15-16,19,21-22,25,50-51,54,59-60,62-63,65-66,71-72,74,77-80,86-87,112,117H,13-14,17-18,20,23-24,26-49,52-53,55-58,96H2,1-9H3,(H2,98,103)(H,99,109)(H,100,116)(H2,97,101,102)/b12-10?,15-11+,61-16?,64-50+/t60-,62-,63-,65-,66+,71+,72-,74+,77-,78+,79+,80-,86-,87+,95-/m1/s1. The number of anilines is 2. The van der Waals surface area contributed by atoms with Gasteiger partial charge in [-0.05, 0) is 142 Å². The molecule has 3 aromatic heterocycles. The molecule has 7 heterocycles. The number of nitrogens with one attached hydrogen (secondary N) is 2. The molecule has 15 atom stereocenters. The number of Topliss-reactive ketones (excluding diaryl/α,β-unsaturated/α-hetero) is 3. The number of carbonyl (C=O) groups is 8. The maximum Gasteiger partial charge on any atom is 0.407 e. The number of methoxy groups -OCH3 is 3. The molecule has 5 aliphatic rings. The van der Waals surface area contributed by atoms with Crippen molar-refractivity contribution in [2.45, 2.75) is 212 Å². The fraction of sp³-hybridized carbons (Fsp3) is 0.642. The third kappa shape index (κ3) is 31.1. The summed E-state index contributed by atoms with van der Waals surface area (Å²) >= 11 is 0. The molecule has 2 bridgehead atoms. The summed E-state index contributed by atoms with van der Waals surface area (Å²) in [5.41, 5.74) is 26.9. The zero-order valence-electron chi connectivity index (χ0n) is 77.9. The Kier molecular flexibility index (Phi) is 42.5. The van der Waals surface area contributed by atoms with E-state index in [-0.39, 0.29) is 120 Å². The van der Waals surface area contributed by atoms with Gasteiger partial charge in [0, 0.05) is 103 Å². The van der Waals surface area contributed by atoms with Crippen molar-refractivity contribution in [2.75, 3.05) is 165 Å². The zero-order valence-corrected chi connectivity index (χ0v) is 77.9. The van der Waals surface area contributed by atoms with Crippen LogP contribution in [-0.4, -0.2) is 306 Å². The number of nitrogens with zero attached hydrogens (tertiary/aromatic N) is 7. The Hall–Kier alpha value is -9.42. The molecule has 10 N–H and O–H groups in total. The van der Waals surface area contributed by atoms with Crippen molar-refractivity contribution in [3.05, 3.63) is 107 Å². The number of nitrogen functional groups attached to an aromatic ring is 2. The van der Waals surface area contributed by atoms with E-state index in [0.29, 0.717) is 189 Å². The van der Waals surface area contributed by atoms with E-state index >= 15 is 0 Å². The molecule has 132 heavy (non-hydrogen) atoms. The molecule has 728 valence electrons. The molecule has 2 aromatic carbocycles. The van der Waals surface area contributed by atoms with Gasteiger partial charge < -0.3 is 119 Å². The number of amides is 4. The summed E-state index contributed by atoms with van der Waals surface area (Å²) in [5.74, 6) is -8.56. The molecule has 10 rings (SSSR count). The van der Waals surface area contributed by atoms with Gasteiger partial charge >= 0.3 is 12.1 Å². The summed E-state index contributed by atoms with van der Waals surface area (Å²) in [5, 5.41) is 34.8. The number of alkyl carbamates (subject to hydrolysis) is 1. The van der Waals surface area contributed by atoms with Crippen molar-refractivity contribution in [3.8, 4) is 11.3 Å². The number of nitrogens with two attached hydrogens (primary N) is 3. The van der Waals surface area contributed by atoms with Crippen LogP contribution < -0.4 is 27.8 Å². The number of aliphatic hydroxyl groups excluding tert-OH is 1. The van der Waals surface area contributed by atoms with Gasteiger partial charge in [0.25, 0.3) is 17.7 Å². The van der Waals surface area contributed by atoms with Crippen molar-refractivity contribution in [3.63, 3.8) is 0 Å². The lowest BCUT2D eigenvalue weighted by Crippen LogP contribution is -2.61. The monoisotopic (exact) mass is 1850 g/mol. The first-order valence-corrected chi connectivity index (χ1v) is 46.3. The van der Waals surface area contributed by atoms with E-state index in [1.54, 1.807) is 46.9 Å². The van der Waals surface area contributed by atoms with Gasteiger partial charge in [-0.1, -0.05) is 82.4 Å². The van der Waals surface area contributed by atoms with E-state index in [2.05, 4.69) is 37.7 Å². The van der Waals surface area contributed by atoms with E-state index < -0.39 is 108 Å². The Bertz CT molecular complexity index is 4690. The highest BCUT2D eigenvalue weighted by molar-refractivity contribution is 6.39. The highest BCUT2D eigenvalue weighted by Gasteiger charge is 2.53. The quantitative estimate of drug-likeness (QED) is 0.00870. The summed E-state index contributed by atoms with van der Waals surface area (Å²) in [6, 6.07) is 9.66. The lowest BCUT2D eigenvalue weighted by molar-refractivity contribution is -0.265. The minimum Gasteiger partial charge on any atom is -0.459 e. The average molecular weight is 1850 g/mol. The molecule has 0 spiro atoms. The Morgan fingerprint density at radius 3 is 2.05 bits per heavy atom. The number of oxazole rings is 1. The number of carbonyl (C=O) groups excluding carboxylic acids is 8. The summed E-state index contributed by atoms with van der Waals surface area (Å²) in [7, 11) is 4.42. The van der Waals surface area contributed by atoms with Crippen LogP contribution in [0.1, 0.15) is 148 Å². The van der Waals surface area contributed by atoms with Crippen LogP contribution in [0.3, 0.4) is 0 Å². The molecule has 4 amide bonds. The van der Waals surface area contributed by atoms with Crippen LogP contribution in [0, 0.1) is 29.6 Å². The number of rotatable bonds is 40. The van der Waals surface area contributed by atoms with Gasteiger partial charge in [0.05, 0.1) is 142 Å². The molecule has 5 aromatic rings. The molecular weight excluding hydrogens is 1710 g/mol. The number of piperidine rings is 1. The van der Waals surface area contributed by atoms with Gasteiger partial charge in [-0.2, -0.15) is 10.1 Å². The number of allylic oxidation sites excluding steroid dienone is 6. The van der Waals surface area contributed by atoms with E-state index in [4.69, 9.17) is 93.0 Å². The maximum absolute atomic E-state index is 14.7. The first-order valence-electron chi connectivity index (χ1n) is 46.3. The number of fused-ring (bicyclic) bond motifs is 6. The molecule has 1 aliphatic carbocycles. The number of hydrogen-bond acceptors (Lipinski definition) is 32. The lowest BCUT2D eigenvalue weighted by Gasteiger charge is -2.42. The predicted molar refractivity (Wildman–Crippen MR) is 487 cm³/mol. The Balaban J connectivity index is 0.536. The molecule has 0 unspecified atom stereocenters. The third-order valence-electron chi connectivity index (χ3n) is 24.9. The summed E-state index contributed by atoms with van der Waals surface area (Å²) in [6.45, 7) is 17.6. The second kappa shape index (κ2) is 53.6. The smallest absolute Gasteiger partial charge is 0.407 e. The Morgan fingerprint density at radius 1 is 0.689 bits per heavy atom. The molecule has 0 radical (unpaired) electrons. The molecule has 1 saturated carbocycles. The summed E-state index contributed by atoms with van der Waals surface area (Å²) in [6.07, 6.45) is 10.6. The van der Waals surface area contributed by atoms with Crippen molar-refractivity contribution in [2.24, 2.45) is 35.3 Å². The first kappa shape index (κ1) is 105. The van der Waals surface area contributed by atoms with Gasteiger partial charge in [0.2, 0.25) is 17.6 Å². The highest BCUT2D eigenvalue weighted by Crippen LogP contribution is 2.39. The predicted octanol–water partition coefficient (Wildman–Crippen LogP) is 7.38. The normalized spacial score (nSPS) is 25.7. The molecule has 37 nitrogen and oxygen atoms in total. The largest absolute Gasteiger partial charge is 0.459 e. The number of aromatic nitrogens is 5. The van der Waals surface area contributed by atoms with Crippen LogP contribution in [0.4, 0.5) is 16.6 Å². The maximum atomic E-state index is 14.7. The van der Waals surface area contributed by atoms with E-state index in [1.807, 2.05) is 72.0 Å². The molecule has 3 fully saturated rings. The number of ketones is 3. The van der Waals surface area contributed by atoms with Crippen LogP contribution in [0.2, 0.25) is 0 Å². The first-order chi connectivity index (χ1) is 63.7. The Labute approximate surface area is 771 Å². The summed E-state index contributed by atoms with van der Waals surface area (Å²) < 4.78 is 87.8. The van der Waals surface area contributed by atoms with Gasteiger partial charge in [-0.3, -0.25) is 28.8 Å². The van der Waals surface area contributed by atoms with Crippen molar-refractivity contribution in [1.29, 1.82) is 0 Å². The molecule has 4 aliphatic heterocycles. The van der Waals surface area contributed by atoms with Crippen LogP contribution in [0.15, 0.2) is 94.7 Å². The number of ether oxygens (including phenoxy) is 14. The highest BCUT2D eigenvalue weighted by atomic mass is 16.6. The molecular formula is C95H138N12O25. The summed E-state index contributed by atoms with van der Waals surface area (Å²) in [4.78, 5) is 127. The lowest BCUT2D eigenvalue weighted by atomic mass is 9.80. The number of esters is 1. The minimum absolute atomic E-state index is 0.00392. The van der Waals surface area contributed by atoms with Gasteiger partial charge in [0.1, 0.15) is 59.6 Å². The van der Waals surface area contributed by atoms with Crippen LogP contribution in [0.25, 0.3) is 33.4 Å². The topological polar surface area (TPSA) is 484 Å². The van der Waals surface area contributed by atoms with E-state index in [1.165, 1.54) is 26.1 Å². The minimum atomic E-state index is -2.51. The van der Waals surface area contributed by atoms with Gasteiger partial charge in [-0.15, -0.1) is 0 Å². The number of aliphatic hydroxyl groups is 2. The number of cyclic esters (lactones) is 1. The molecule has 37 heteroatoms. The van der Waals surface area contributed by atoms with Crippen molar-refractivity contribution in [1.82, 2.24) is 45.2 Å². The van der Waals surface area contributed by atoms with Crippen molar-refractivity contribution < 1.29 is 119 Å². The van der Waals surface area contributed by atoms with Gasteiger partial charge in [0.15, 0.2) is 17.0 Å². The SMILES string of the molecule is CO[C@H]1C[C@@H]2CC[C@@H](C)[C@@](O)(O2)C(=O)C(=O)N2CCCC[C@H]2C(=O)O[C@H]([C@H](N)C[C@@H]2CC[C@@H](OC(=O)NCCOCCOCCOCCOCCC(=O)NCCOCCOCCOCCOCCC(=O)N3CCc4cc(Cn5nc(-c6ccc7oc(N)nc7c6)c6c(N)ncnc65)ccc4C3)[C@H](OC)C2)CC(=O)[C@H](C)/C=C(\C)[C@@H](O)[C@@H](OC)C(=O)[C@H](C)C[C@H](C)/C=C/C=CC=C1C. The number of hydrogen-bond donors (Lipinski definition) is 7. The van der Waals surface area contributed by atoms with Gasteiger partial charge in [-0.25, -0.2) is 24.2 Å². The third-order valence-corrected chi connectivity index (χ3v) is 24.9. The van der Waals surface area contributed by atoms with Crippen LogP contribution >= 0.6 is 0 Å². The van der Waals surface area contributed by atoms with Crippen molar-refractivity contribution >= 4 is 81.1 Å². The second-order valence-corrected chi connectivity index (χ2v) is 34.7. The number of benzene rings is 2. The average Bonchev–Trinajstić information content (AvgIpc) is 1.19. The zero-order chi connectivity index (χ0) is 94.6. The fourth-order valence-corrected chi connectivity index (χ4v) is 17.3. The van der Waals surface area contributed by atoms with Crippen LogP contribution in [0.5, 0.6) is 0 Å². The van der Waals surface area contributed by atoms with E-state index in [9.17, 15) is 48.6 Å². The van der Waals surface area contributed by atoms with E-state index in [0.717, 1.165) is 33.6 Å². The Morgan fingerprint density at radius 2 is 1.36 bits per heavy atom. The fourth-order valence-electron chi connectivity index (χ4n) is 17.3.